The Morgan fingerprint density at radius 3 is 2.90 bits per heavy atom. The number of nitrogens with zero attached hydrogens (tertiary/aromatic N) is 3. The smallest absolute Gasteiger partial charge is 0.140 e. The van der Waals surface area contributed by atoms with E-state index in [1.807, 2.05) is 19.2 Å². The minimum Gasteiger partial charge on any atom is -0.384 e. The summed E-state index contributed by atoms with van der Waals surface area (Å²) in [5.74, 6) is 0.984. The lowest BCUT2D eigenvalue weighted by Gasteiger charge is -2.32. The molecule has 5 nitrogen and oxygen atoms in total. The van der Waals surface area contributed by atoms with Gasteiger partial charge < -0.3 is 15.5 Å². The molecule has 1 aliphatic heterocycles. The normalized spacial score (nSPS) is 20.8. The lowest BCUT2D eigenvalue weighted by molar-refractivity contribution is 0.327. The van der Waals surface area contributed by atoms with Crippen molar-refractivity contribution in [2.24, 2.45) is 5.73 Å². The van der Waals surface area contributed by atoms with Gasteiger partial charge in [-0.1, -0.05) is 6.92 Å². The van der Waals surface area contributed by atoms with Crippen molar-refractivity contribution < 1.29 is 0 Å². The number of hydrogen-bond donors (Lipinski definition) is 2. The predicted molar refractivity (Wildman–Crippen MR) is 83.5 cm³/mol. The number of nitrogens with one attached hydrogen (secondary N) is 1. The van der Waals surface area contributed by atoms with Crippen molar-refractivity contribution in [1.82, 2.24) is 9.88 Å². The first-order valence-corrected chi connectivity index (χ1v) is 7.29. The minimum atomic E-state index is 0.109. The molecule has 2 heterocycles. The van der Waals surface area contributed by atoms with E-state index in [2.05, 4.69) is 28.8 Å². The van der Waals surface area contributed by atoms with Gasteiger partial charge in [0.1, 0.15) is 11.7 Å². The van der Waals surface area contributed by atoms with Crippen LogP contribution in [0.1, 0.15) is 30.9 Å². The summed E-state index contributed by atoms with van der Waals surface area (Å²) in [6.07, 6.45) is 4.00. The van der Waals surface area contributed by atoms with Crippen LogP contribution in [0.5, 0.6) is 0 Å². The van der Waals surface area contributed by atoms with Crippen molar-refractivity contribution in [3.05, 3.63) is 23.4 Å². The van der Waals surface area contributed by atoms with E-state index < -0.39 is 0 Å². The molecular weight excluding hydrogens is 250 g/mol. The van der Waals surface area contributed by atoms with Crippen LogP contribution in [-0.2, 0) is 0 Å². The lowest BCUT2D eigenvalue weighted by atomic mass is 10.1. The molecule has 0 amide bonds. The quantitative estimate of drug-likeness (QED) is 0.649. The monoisotopic (exact) mass is 275 g/mol. The van der Waals surface area contributed by atoms with E-state index in [0.29, 0.717) is 6.04 Å². The summed E-state index contributed by atoms with van der Waals surface area (Å²) >= 11 is 0. The molecule has 3 N–H and O–H groups in total. The van der Waals surface area contributed by atoms with Crippen LogP contribution in [0.2, 0.25) is 0 Å². The summed E-state index contributed by atoms with van der Waals surface area (Å²) in [6, 6.07) is 2.35. The summed E-state index contributed by atoms with van der Waals surface area (Å²) in [5, 5.41) is 7.85. The molecule has 5 heteroatoms. The Bertz CT molecular complexity index is 485. The number of aromatic nitrogens is 1. The summed E-state index contributed by atoms with van der Waals surface area (Å²) in [6.45, 7) is 7.31. The highest BCUT2D eigenvalue weighted by Gasteiger charge is 2.26. The lowest BCUT2D eigenvalue weighted by Crippen LogP contribution is -2.41. The Labute approximate surface area is 121 Å². The molecule has 20 heavy (non-hydrogen) atoms. The fourth-order valence-electron chi connectivity index (χ4n) is 2.97. The number of hydrogen-bond acceptors (Lipinski definition) is 4. The Balaban J connectivity index is 2.43. The van der Waals surface area contributed by atoms with Gasteiger partial charge in [-0.15, -0.1) is 0 Å². The van der Waals surface area contributed by atoms with E-state index >= 15 is 0 Å². The number of anilines is 1. The van der Waals surface area contributed by atoms with Gasteiger partial charge in [-0.2, -0.15) is 0 Å². The molecule has 1 atom stereocenters. The number of pyridine rings is 1. The standard InChI is InChI=1S/C15H25N5/c1-4-12-10-19(3)8-5-9-20(12)15-13(14(16)17)11(2)6-7-18-15/h6-7,12H,4-5,8-10H2,1-3H3,(H3,16,17). The number of nitrogens with two attached hydrogens (primary N) is 1. The van der Waals surface area contributed by atoms with Crippen LogP contribution in [-0.4, -0.2) is 48.4 Å². The SMILES string of the molecule is CCC1CN(C)CCCN1c1nccc(C)c1C(=N)N. The first-order valence-electron chi connectivity index (χ1n) is 7.29. The van der Waals surface area contributed by atoms with Gasteiger partial charge in [-0.3, -0.25) is 5.41 Å². The number of likely N-dealkylation sites (N-methyl/N-ethyl adjacent to an activating group) is 1. The van der Waals surface area contributed by atoms with Crippen LogP contribution in [0.25, 0.3) is 0 Å². The fraction of sp³-hybridized carbons (Fsp3) is 0.600. The van der Waals surface area contributed by atoms with Gasteiger partial charge in [0.15, 0.2) is 0 Å². The molecule has 1 fully saturated rings. The Morgan fingerprint density at radius 2 is 2.25 bits per heavy atom. The number of aryl methyl sites for hydroxylation is 1. The van der Waals surface area contributed by atoms with Crippen molar-refractivity contribution in [2.75, 3.05) is 31.6 Å². The summed E-state index contributed by atoms with van der Waals surface area (Å²) < 4.78 is 0. The molecule has 0 aromatic carbocycles. The predicted octanol–water partition coefficient (Wildman–Crippen LogP) is 1.59. The number of amidine groups is 1. The largest absolute Gasteiger partial charge is 0.384 e. The van der Waals surface area contributed by atoms with E-state index in [0.717, 1.165) is 49.4 Å². The Morgan fingerprint density at radius 1 is 1.50 bits per heavy atom. The van der Waals surface area contributed by atoms with Crippen LogP contribution < -0.4 is 10.6 Å². The van der Waals surface area contributed by atoms with Crippen molar-refractivity contribution >= 4 is 11.7 Å². The highest BCUT2D eigenvalue weighted by molar-refractivity contribution is 6.01. The van der Waals surface area contributed by atoms with Gasteiger partial charge >= 0.3 is 0 Å². The third-order valence-corrected chi connectivity index (χ3v) is 4.05. The van der Waals surface area contributed by atoms with E-state index in [1.54, 1.807) is 0 Å². The topological polar surface area (TPSA) is 69.2 Å². The maximum absolute atomic E-state index is 7.85. The van der Waals surface area contributed by atoms with Crippen LogP contribution in [0.4, 0.5) is 5.82 Å². The Kier molecular flexibility index (Phi) is 4.60. The van der Waals surface area contributed by atoms with E-state index in [-0.39, 0.29) is 5.84 Å². The summed E-state index contributed by atoms with van der Waals surface area (Å²) in [7, 11) is 2.17. The van der Waals surface area contributed by atoms with Crippen molar-refractivity contribution in [3.8, 4) is 0 Å². The van der Waals surface area contributed by atoms with Crippen molar-refractivity contribution in [1.29, 1.82) is 5.41 Å². The average Bonchev–Trinajstić information content (AvgIpc) is 2.59. The van der Waals surface area contributed by atoms with Crippen LogP contribution in [0.3, 0.4) is 0 Å². The number of rotatable bonds is 3. The molecule has 1 saturated heterocycles. The maximum atomic E-state index is 7.85. The molecule has 0 bridgehead atoms. The second-order valence-corrected chi connectivity index (χ2v) is 5.61. The second-order valence-electron chi connectivity index (χ2n) is 5.61. The first-order chi connectivity index (χ1) is 9.54. The van der Waals surface area contributed by atoms with Crippen LogP contribution in [0, 0.1) is 12.3 Å². The minimum absolute atomic E-state index is 0.109. The molecule has 1 aromatic rings. The third-order valence-electron chi connectivity index (χ3n) is 4.05. The molecule has 1 aromatic heterocycles. The van der Waals surface area contributed by atoms with Crippen LogP contribution >= 0.6 is 0 Å². The maximum Gasteiger partial charge on any atom is 0.140 e. The number of nitrogen functional groups attached to an aromatic ring is 1. The van der Waals surface area contributed by atoms with Gasteiger partial charge in [0, 0.05) is 25.3 Å². The molecular formula is C15H25N5. The Hall–Kier alpha value is -1.62. The van der Waals surface area contributed by atoms with Gasteiger partial charge in [0.2, 0.25) is 0 Å². The molecule has 0 aliphatic carbocycles. The highest BCUT2D eigenvalue weighted by atomic mass is 15.3. The van der Waals surface area contributed by atoms with E-state index in [9.17, 15) is 0 Å². The molecule has 110 valence electrons. The zero-order valence-electron chi connectivity index (χ0n) is 12.7. The summed E-state index contributed by atoms with van der Waals surface area (Å²) in [5.41, 5.74) is 7.59. The zero-order chi connectivity index (χ0) is 14.7. The van der Waals surface area contributed by atoms with E-state index in [4.69, 9.17) is 11.1 Å². The highest BCUT2D eigenvalue weighted by Crippen LogP contribution is 2.25. The third kappa shape index (κ3) is 2.93. The molecule has 0 radical (unpaired) electrons. The fourth-order valence-corrected chi connectivity index (χ4v) is 2.97. The molecule has 0 spiro atoms. The van der Waals surface area contributed by atoms with Gasteiger partial charge in [0.25, 0.3) is 0 Å². The van der Waals surface area contributed by atoms with Crippen molar-refractivity contribution in [2.45, 2.75) is 32.7 Å². The van der Waals surface area contributed by atoms with Gasteiger partial charge in [-0.05, 0) is 45.0 Å². The van der Waals surface area contributed by atoms with Crippen LogP contribution in [0.15, 0.2) is 12.3 Å². The van der Waals surface area contributed by atoms with Crippen molar-refractivity contribution in [3.63, 3.8) is 0 Å². The molecule has 1 aliphatic rings. The zero-order valence-corrected chi connectivity index (χ0v) is 12.7. The molecule has 1 unspecified atom stereocenters. The molecule has 2 rings (SSSR count). The van der Waals surface area contributed by atoms with Gasteiger partial charge in [-0.25, -0.2) is 4.98 Å². The molecule has 0 saturated carbocycles. The van der Waals surface area contributed by atoms with Gasteiger partial charge in [0.05, 0.1) is 5.56 Å². The average molecular weight is 275 g/mol. The van der Waals surface area contributed by atoms with E-state index in [1.165, 1.54) is 0 Å². The first kappa shape index (κ1) is 14.8. The summed E-state index contributed by atoms with van der Waals surface area (Å²) in [4.78, 5) is 9.25. The second kappa shape index (κ2) is 6.22.